The van der Waals surface area contributed by atoms with Crippen molar-refractivity contribution in [2.75, 3.05) is 26.8 Å². The molecule has 0 radical (unpaired) electrons. The van der Waals surface area contributed by atoms with Crippen LogP contribution in [0.25, 0.3) is 0 Å². The second-order valence-electron chi connectivity index (χ2n) is 3.16. The van der Waals surface area contributed by atoms with Gasteiger partial charge in [-0.1, -0.05) is 6.08 Å². The quantitative estimate of drug-likeness (QED) is 0.610. The van der Waals surface area contributed by atoms with Gasteiger partial charge < -0.3 is 9.84 Å². The first-order valence-electron chi connectivity index (χ1n) is 4.69. The summed E-state index contributed by atoms with van der Waals surface area (Å²) >= 11 is 0. The van der Waals surface area contributed by atoms with Crippen molar-refractivity contribution in [2.24, 2.45) is 0 Å². The molecule has 0 aliphatic carbocycles. The van der Waals surface area contributed by atoms with Crippen molar-refractivity contribution in [1.82, 2.24) is 4.31 Å². The molecule has 7 heteroatoms. The fraction of sp³-hybridized carbons (Fsp3) is 0.667. The van der Waals surface area contributed by atoms with E-state index in [0.717, 1.165) is 11.2 Å². The van der Waals surface area contributed by atoms with Gasteiger partial charge in [0.1, 0.15) is 0 Å². The molecule has 0 aliphatic heterocycles. The molecule has 94 valence electrons. The lowest BCUT2D eigenvalue weighted by Crippen LogP contribution is -2.42. The number of sulfonamides is 1. The number of hydrogen-bond acceptors (Lipinski definition) is 4. The smallest absolute Gasteiger partial charge is 0.323 e. The van der Waals surface area contributed by atoms with Crippen LogP contribution in [0.3, 0.4) is 0 Å². The lowest BCUT2D eigenvalue weighted by Gasteiger charge is -2.22. The molecule has 6 nitrogen and oxygen atoms in total. The standard InChI is InChI=1S/C9H17NO5S/c1-4-5-10(6-7-15-3)16(13,14)8(2)9(11)12/h4,8H,1,5-7H2,2-3H3,(H,11,12). The molecule has 1 unspecified atom stereocenters. The third-order valence-corrected chi connectivity index (χ3v) is 4.18. The van der Waals surface area contributed by atoms with Crippen LogP contribution in [-0.2, 0) is 19.6 Å². The van der Waals surface area contributed by atoms with E-state index in [9.17, 15) is 13.2 Å². The molecule has 0 saturated heterocycles. The summed E-state index contributed by atoms with van der Waals surface area (Å²) in [7, 11) is -2.41. The molecule has 0 aromatic carbocycles. The number of nitrogens with zero attached hydrogens (tertiary/aromatic N) is 1. The monoisotopic (exact) mass is 251 g/mol. The Morgan fingerprint density at radius 3 is 2.56 bits per heavy atom. The van der Waals surface area contributed by atoms with Gasteiger partial charge in [-0.05, 0) is 6.92 Å². The van der Waals surface area contributed by atoms with Gasteiger partial charge in [-0.3, -0.25) is 4.79 Å². The molecule has 0 amide bonds. The van der Waals surface area contributed by atoms with Gasteiger partial charge in [0.15, 0.2) is 5.25 Å². The molecule has 0 aromatic heterocycles. The van der Waals surface area contributed by atoms with Gasteiger partial charge in [-0.15, -0.1) is 6.58 Å². The number of hydrogen-bond donors (Lipinski definition) is 1. The summed E-state index contributed by atoms with van der Waals surface area (Å²) < 4.78 is 29.4. The Morgan fingerprint density at radius 1 is 1.62 bits per heavy atom. The topological polar surface area (TPSA) is 83.9 Å². The Kier molecular flexibility index (Phi) is 6.24. The Morgan fingerprint density at radius 2 is 2.19 bits per heavy atom. The van der Waals surface area contributed by atoms with Crippen LogP contribution < -0.4 is 0 Å². The lowest BCUT2D eigenvalue weighted by atomic mass is 10.5. The maximum atomic E-state index is 11.8. The molecule has 1 N–H and O–H groups in total. The van der Waals surface area contributed by atoms with Gasteiger partial charge in [0.25, 0.3) is 0 Å². The zero-order chi connectivity index (χ0) is 12.8. The van der Waals surface area contributed by atoms with Crippen LogP contribution in [0.2, 0.25) is 0 Å². The van der Waals surface area contributed by atoms with E-state index in [2.05, 4.69) is 6.58 Å². The average molecular weight is 251 g/mol. The summed E-state index contributed by atoms with van der Waals surface area (Å²) in [6, 6.07) is 0. The highest BCUT2D eigenvalue weighted by Crippen LogP contribution is 2.09. The Labute approximate surface area is 95.6 Å². The van der Waals surface area contributed by atoms with Crippen LogP contribution in [0.4, 0.5) is 0 Å². The zero-order valence-electron chi connectivity index (χ0n) is 9.42. The van der Waals surface area contributed by atoms with E-state index >= 15 is 0 Å². The van der Waals surface area contributed by atoms with E-state index < -0.39 is 21.2 Å². The Hall–Kier alpha value is -0.920. The van der Waals surface area contributed by atoms with Crippen LogP contribution >= 0.6 is 0 Å². The molecule has 0 fully saturated rings. The van der Waals surface area contributed by atoms with Crippen LogP contribution in [0.15, 0.2) is 12.7 Å². The van der Waals surface area contributed by atoms with Crippen molar-refractivity contribution < 1.29 is 23.1 Å². The van der Waals surface area contributed by atoms with Crippen LogP contribution in [0, 0.1) is 0 Å². The van der Waals surface area contributed by atoms with Gasteiger partial charge in [0.05, 0.1) is 6.61 Å². The van der Waals surface area contributed by atoms with Crippen molar-refractivity contribution >= 4 is 16.0 Å². The molecule has 0 spiro atoms. The van der Waals surface area contributed by atoms with E-state index in [4.69, 9.17) is 9.84 Å². The van der Waals surface area contributed by atoms with Crippen LogP contribution in [0.1, 0.15) is 6.92 Å². The van der Waals surface area contributed by atoms with E-state index in [1.807, 2.05) is 0 Å². The number of carboxylic acid groups (broad SMARTS) is 1. The predicted molar refractivity (Wildman–Crippen MR) is 59.7 cm³/mol. The third-order valence-electron chi connectivity index (χ3n) is 2.03. The summed E-state index contributed by atoms with van der Waals surface area (Å²) in [5.41, 5.74) is 0. The molecule has 16 heavy (non-hydrogen) atoms. The lowest BCUT2D eigenvalue weighted by molar-refractivity contribution is -0.136. The van der Waals surface area contributed by atoms with Gasteiger partial charge in [0, 0.05) is 20.2 Å². The van der Waals surface area contributed by atoms with Crippen molar-refractivity contribution in [2.45, 2.75) is 12.2 Å². The van der Waals surface area contributed by atoms with Crippen molar-refractivity contribution in [3.63, 3.8) is 0 Å². The normalized spacial score (nSPS) is 13.7. The number of rotatable bonds is 8. The molecule has 1 atom stereocenters. The number of carboxylic acids is 1. The van der Waals surface area contributed by atoms with Gasteiger partial charge >= 0.3 is 5.97 Å². The van der Waals surface area contributed by atoms with E-state index in [0.29, 0.717) is 0 Å². The Bertz CT molecular complexity index is 338. The molecular weight excluding hydrogens is 234 g/mol. The number of ether oxygens (including phenoxy) is 1. The minimum Gasteiger partial charge on any atom is -0.480 e. The highest BCUT2D eigenvalue weighted by molar-refractivity contribution is 7.90. The largest absolute Gasteiger partial charge is 0.480 e. The molecular formula is C9H17NO5S. The first-order valence-corrected chi connectivity index (χ1v) is 6.19. The van der Waals surface area contributed by atoms with Crippen molar-refractivity contribution in [3.8, 4) is 0 Å². The van der Waals surface area contributed by atoms with Crippen LogP contribution in [0.5, 0.6) is 0 Å². The maximum Gasteiger partial charge on any atom is 0.323 e. The summed E-state index contributed by atoms with van der Waals surface area (Å²) in [4.78, 5) is 10.7. The van der Waals surface area contributed by atoms with Gasteiger partial charge in [-0.25, -0.2) is 8.42 Å². The first-order chi connectivity index (χ1) is 7.37. The van der Waals surface area contributed by atoms with E-state index in [1.165, 1.54) is 13.2 Å². The second kappa shape index (κ2) is 6.62. The third kappa shape index (κ3) is 3.92. The maximum absolute atomic E-state index is 11.8. The molecule has 0 heterocycles. The first kappa shape index (κ1) is 15.1. The Balaban J connectivity index is 4.88. The van der Waals surface area contributed by atoms with Crippen molar-refractivity contribution in [3.05, 3.63) is 12.7 Å². The molecule has 0 rings (SSSR count). The highest BCUT2D eigenvalue weighted by Gasteiger charge is 2.32. The van der Waals surface area contributed by atoms with E-state index in [-0.39, 0.29) is 19.7 Å². The summed E-state index contributed by atoms with van der Waals surface area (Å²) in [6.07, 6.45) is 1.40. The van der Waals surface area contributed by atoms with Crippen LogP contribution in [-0.4, -0.2) is 55.9 Å². The average Bonchev–Trinajstić information content (AvgIpc) is 2.22. The SMILES string of the molecule is C=CCN(CCOC)S(=O)(=O)C(C)C(=O)O. The number of methoxy groups -OCH3 is 1. The second-order valence-corrected chi connectivity index (χ2v) is 5.42. The minimum absolute atomic E-state index is 0.0727. The minimum atomic E-state index is -3.85. The fourth-order valence-electron chi connectivity index (χ4n) is 1.01. The van der Waals surface area contributed by atoms with E-state index in [1.54, 1.807) is 0 Å². The van der Waals surface area contributed by atoms with Gasteiger partial charge in [0.2, 0.25) is 10.0 Å². The van der Waals surface area contributed by atoms with Gasteiger partial charge in [-0.2, -0.15) is 4.31 Å². The summed E-state index contributed by atoms with van der Waals surface area (Å²) in [5, 5.41) is 7.23. The highest BCUT2D eigenvalue weighted by atomic mass is 32.2. The van der Waals surface area contributed by atoms with Crippen molar-refractivity contribution in [1.29, 1.82) is 0 Å². The molecule has 0 bridgehead atoms. The fourth-order valence-corrected chi connectivity index (χ4v) is 2.35. The summed E-state index contributed by atoms with van der Waals surface area (Å²) in [5.74, 6) is -1.37. The zero-order valence-corrected chi connectivity index (χ0v) is 10.2. The predicted octanol–water partition coefficient (Wildman–Crippen LogP) is -0.0763. The molecule has 0 saturated carbocycles. The summed E-state index contributed by atoms with van der Waals surface area (Å²) in [6.45, 7) is 4.97. The molecule has 0 aliphatic rings. The number of carbonyl (C=O) groups is 1. The number of aliphatic carboxylic acids is 1. The molecule has 0 aromatic rings.